The van der Waals surface area contributed by atoms with Gasteiger partial charge in [-0.05, 0) is 42.4 Å². The molecule has 140 valence electrons. The fraction of sp³-hybridized carbons (Fsp3) is 0.167. The molecule has 1 amide bonds. The van der Waals surface area contributed by atoms with E-state index < -0.39 is 10.0 Å². The summed E-state index contributed by atoms with van der Waals surface area (Å²) in [6, 6.07) is 14.1. The van der Waals surface area contributed by atoms with Gasteiger partial charge in [-0.15, -0.1) is 0 Å². The second-order valence-electron chi connectivity index (χ2n) is 5.85. The van der Waals surface area contributed by atoms with Crippen molar-refractivity contribution < 1.29 is 13.2 Å². The highest BCUT2D eigenvalue weighted by Gasteiger charge is 2.09. The van der Waals surface area contributed by atoms with Crippen molar-refractivity contribution >= 4 is 15.9 Å². The standard InChI is InChI=1S/C18H19N5O3S/c1-19-27(25,26)11-15-4-2-14(3-5-15)10-21-18(24)16-6-8-17(9-7-16)23-13-20-12-22-23/h2-9,12-13,19H,10-11H2,1H3,(H,21,24). The molecule has 9 heteroatoms. The van der Waals surface area contributed by atoms with Crippen molar-refractivity contribution in [1.82, 2.24) is 24.8 Å². The number of nitrogens with zero attached hydrogens (tertiary/aromatic N) is 3. The highest BCUT2D eigenvalue weighted by molar-refractivity contribution is 7.88. The van der Waals surface area contributed by atoms with Crippen LogP contribution in [0.1, 0.15) is 21.5 Å². The van der Waals surface area contributed by atoms with Gasteiger partial charge in [0.05, 0.1) is 11.4 Å². The zero-order valence-electron chi connectivity index (χ0n) is 14.7. The van der Waals surface area contributed by atoms with Gasteiger partial charge in [-0.2, -0.15) is 5.10 Å². The highest BCUT2D eigenvalue weighted by atomic mass is 32.2. The predicted molar refractivity (Wildman–Crippen MR) is 101 cm³/mol. The van der Waals surface area contributed by atoms with Crippen LogP contribution in [0.4, 0.5) is 0 Å². The van der Waals surface area contributed by atoms with Gasteiger partial charge in [-0.3, -0.25) is 4.79 Å². The maximum absolute atomic E-state index is 12.3. The molecule has 0 spiro atoms. The fourth-order valence-corrected chi connectivity index (χ4v) is 3.21. The van der Waals surface area contributed by atoms with E-state index >= 15 is 0 Å². The smallest absolute Gasteiger partial charge is 0.251 e. The lowest BCUT2D eigenvalue weighted by Crippen LogP contribution is -2.23. The molecule has 8 nitrogen and oxygen atoms in total. The van der Waals surface area contributed by atoms with Crippen molar-refractivity contribution in [2.24, 2.45) is 0 Å². The second kappa shape index (κ2) is 8.11. The molecule has 3 aromatic rings. The highest BCUT2D eigenvalue weighted by Crippen LogP contribution is 2.10. The number of nitrogens with one attached hydrogen (secondary N) is 2. The number of benzene rings is 2. The molecule has 1 heterocycles. The number of hydrogen-bond donors (Lipinski definition) is 2. The fourth-order valence-electron chi connectivity index (χ4n) is 2.44. The molecule has 0 saturated carbocycles. The van der Waals surface area contributed by atoms with Crippen LogP contribution >= 0.6 is 0 Å². The van der Waals surface area contributed by atoms with E-state index in [-0.39, 0.29) is 11.7 Å². The second-order valence-corrected chi connectivity index (χ2v) is 7.78. The summed E-state index contributed by atoms with van der Waals surface area (Å²) in [6.07, 6.45) is 3.03. The zero-order valence-corrected chi connectivity index (χ0v) is 15.5. The summed E-state index contributed by atoms with van der Waals surface area (Å²) in [7, 11) is -1.91. The first-order valence-corrected chi connectivity index (χ1v) is 9.84. The van der Waals surface area contributed by atoms with Gasteiger partial charge in [-0.1, -0.05) is 24.3 Å². The van der Waals surface area contributed by atoms with E-state index in [0.717, 1.165) is 11.3 Å². The lowest BCUT2D eigenvalue weighted by molar-refractivity contribution is 0.0951. The maximum atomic E-state index is 12.3. The van der Waals surface area contributed by atoms with Gasteiger partial charge in [0.25, 0.3) is 5.91 Å². The van der Waals surface area contributed by atoms with Crippen LogP contribution in [0.5, 0.6) is 0 Å². The molecule has 27 heavy (non-hydrogen) atoms. The lowest BCUT2D eigenvalue weighted by Gasteiger charge is -2.08. The third-order valence-corrected chi connectivity index (χ3v) is 5.29. The molecule has 0 radical (unpaired) electrons. The molecule has 0 atom stereocenters. The molecule has 2 N–H and O–H groups in total. The number of rotatable bonds is 7. The van der Waals surface area contributed by atoms with Gasteiger partial charge in [0.2, 0.25) is 10.0 Å². The molecule has 0 bridgehead atoms. The van der Waals surface area contributed by atoms with Crippen molar-refractivity contribution in [3.05, 3.63) is 77.9 Å². The number of aromatic nitrogens is 3. The Labute approximate surface area is 157 Å². The number of amides is 1. The van der Waals surface area contributed by atoms with Crippen molar-refractivity contribution in [2.75, 3.05) is 7.05 Å². The van der Waals surface area contributed by atoms with Gasteiger partial charge in [0.15, 0.2) is 0 Å². The topological polar surface area (TPSA) is 106 Å². The van der Waals surface area contributed by atoms with E-state index in [1.807, 2.05) is 0 Å². The Kier molecular flexibility index (Phi) is 5.63. The van der Waals surface area contributed by atoms with Crippen LogP contribution in [-0.4, -0.2) is 36.1 Å². The molecule has 0 unspecified atom stereocenters. The summed E-state index contributed by atoms with van der Waals surface area (Å²) >= 11 is 0. The molecule has 0 aliphatic rings. The van der Waals surface area contributed by atoms with Gasteiger partial charge in [-0.25, -0.2) is 22.8 Å². The molecule has 0 aliphatic carbocycles. The Morgan fingerprint density at radius 2 is 1.70 bits per heavy atom. The summed E-state index contributed by atoms with van der Waals surface area (Å²) < 4.78 is 27.0. The Balaban J connectivity index is 1.57. The summed E-state index contributed by atoms with van der Waals surface area (Å²) in [4.78, 5) is 16.2. The van der Waals surface area contributed by atoms with Gasteiger partial charge in [0.1, 0.15) is 12.7 Å². The van der Waals surface area contributed by atoms with Gasteiger partial charge < -0.3 is 5.32 Å². The summed E-state index contributed by atoms with van der Waals surface area (Å²) in [5.74, 6) is -0.268. The predicted octanol–water partition coefficient (Wildman–Crippen LogP) is 1.25. The lowest BCUT2D eigenvalue weighted by atomic mass is 10.1. The average Bonchev–Trinajstić information content (AvgIpc) is 3.22. The number of carbonyl (C=O) groups is 1. The number of hydrogen-bond acceptors (Lipinski definition) is 5. The Hall–Kier alpha value is -3.04. The van der Waals surface area contributed by atoms with Crippen LogP contribution in [0.15, 0.2) is 61.2 Å². The molecule has 2 aromatic carbocycles. The minimum absolute atomic E-state index is 0.0751. The van der Waals surface area contributed by atoms with Crippen molar-refractivity contribution in [2.45, 2.75) is 12.3 Å². The Morgan fingerprint density at radius 3 is 2.30 bits per heavy atom. The largest absolute Gasteiger partial charge is 0.348 e. The number of carbonyl (C=O) groups excluding carboxylic acids is 1. The summed E-state index contributed by atoms with van der Waals surface area (Å²) in [5.41, 5.74) is 2.92. The summed E-state index contributed by atoms with van der Waals surface area (Å²) in [6.45, 7) is 0.350. The van der Waals surface area contributed by atoms with E-state index in [2.05, 4.69) is 20.1 Å². The van der Waals surface area contributed by atoms with Crippen molar-refractivity contribution in [3.63, 3.8) is 0 Å². The quantitative estimate of drug-likeness (QED) is 0.637. The van der Waals surface area contributed by atoms with Crippen LogP contribution in [-0.2, 0) is 22.3 Å². The maximum Gasteiger partial charge on any atom is 0.251 e. The molecule has 0 saturated heterocycles. The van der Waals surface area contributed by atoms with E-state index in [1.165, 1.54) is 13.4 Å². The molecule has 3 rings (SSSR count). The normalized spacial score (nSPS) is 11.3. The molecular formula is C18H19N5O3S. The van der Waals surface area contributed by atoms with Crippen LogP contribution in [0.25, 0.3) is 5.69 Å². The van der Waals surface area contributed by atoms with Crippen LogP contribution in [0, 0.1) is 0 Å². The van der Waals surface area contributed by atoms with Gasteiger partial charge in [0, 0.05) is 12.1 Å². The van der Waals surface area contributed by atoms with Crippen molar-refractivity contribution in [3.8, 4) is 5.69 Å². The Morgan fingerprint density at radius 1 is 1.04 bits per heavy atom. The average molecular weight is 385 g/mol. The first-order chi connectivity index (χ1) is 13.0. The van der Waals surface area contributed by atoms with Crippen molar-refractivity contribution in [1.29, 1.82) is 0 Å². The third kappa shape index (κ3) is 4.99. The van der Waals surface area contributed by atoms with Gasteiger partial charge >= 0.3 is 0 Å². The van der Waals surface area contributed by atoms with E-state index in [0.29, 0.717) is 17.7 Å². The molecular weight excluding hydrogens is 366 g/mol. The third-order valence-electron chi connectivity index (χ3n) is 3.96. The SMILES string of the molecule is CNS(=O)(=O)Cc1ccc(CNC(=O)c2ccc(-n3cncn3)cc2)cc1. The Bertz CT molecular complexity index is 998. The van der Waals surface area contributed by atoms with E-state index in [4.69, 9.17) is 0 Å². The van der Waals surface area contributed by atoms with Crippen LogP contribution < -0.4 is 10.0 Å². The van der Waals surface area contributed by atoms with Crippen LogP contribution in [0.3, 0.4) is 0 Å². The number of sulfonamides is 1. The first kappa shape index (κ1) is 18.7. The zero-order chi connectivity index (χ0) is 19.3. The monoisotopic (exact) mass is 385 g/mol. The molecule has 1 aromatic heterocycles. The van der Waals surface area contributed by atoms with E-state index in [9.17, 15) is 13.2 Å². The minimum atomic E-state index is -3.30. The first-order valence-electron chi connectivity index (χ1n) is 8.19. The van der Waals surface area contributed by atoms with Crippen LogP contribution in [0.2, 0.25) is 0 Å². The summed E-state index contributed by atoms with van der Waals surface area (Å²) in [5, 5.41) is 6.88. The molecule has 0 fully saturated rings. The van der Waals surface area contributed by atoms with E-state index in [1.54, 1.807) is 59.5 Å². The minimum Gasteiger partial charge on any atom is -0.348 e. The molecule has 0 aliphatic heterocycles.